The smallest absolute Gasteiger partial charge is 0.341 e. The third-order valence-corrected chi connectivity index (χ3v) is 6.33. The van der Waals surface area contributed by atoms with Crippen molar-refractivity contribution in [2.75, 3.05) is 13.7 Å². The molecular formula is C23H19NO6. The first-order valence-corrected chi connectivity index (χ1v) is 9.83. The van der Waals surface area contributed by atoms with Gasteiger partial charge in [-0.2, -0.15) is 0 Å². The van der Waals surface area contributed by atoms with Crippen LogP contribution in [0.15, 0.2) is 48.6 Å². The lowest BCUT2D eigenvalue weighted by atomic mass is 9.85. The van der Waals surface area contributed by atoms with E-state index in [4.69, 9.17) is 9.47 Å². The largest absolute Gasteiger partial charge is 0.465 e. The van der Waals surface area contributed by atoms with Crippen molar-refractivity contribution in [2.45, 2.75) is 6.42 Å². The Labute approximate surface area is 172 Å². The minimum absolute atomic E-state index is 0.0339. The van der Waals surface area contributed by atoms with Gasteiger partial charge in [-0.05, 0) is 41.2 Å². The topological polar surface area (TPSA) is 90.0 Å². The number of carbonyl (C=O) groups is 4. The molecule has 1 heterocycles. The van der Waals surface area contributed by atoms with Crippen molar-refractivity contribution < 1.29 is 28.7 Å². The number of nitrogens with zero attached hydrogens (tertiary/aromatic N) is 1. The number of hydrogen-bond acceptors (Lipinski definition) is 6. The monoisotopic (exact) mass is 405 g/mol. The van der Waals surface area contributed by atoms with Gasteiger partial charge in [-0.25, -0.2) is 9.59 Å². The van der Waals surface area contributed by atoms with Crippen LogP contribution in [-0.4, -0.2) is 42.3 Å². The van der Waals surface area contributed by atoms with E-state index in [0.717, 1.165) is 22.1 Å². The second-order valence-corrected chi connectivity index (χ2v) is 7.92. The number of hydrogen-bond donors (Lipinski definition) is 0. The van der Waals surface area contributed by atoms with Gasteiger partial charge in [0.2, 0.25) is 11.8 Å². The number of fused-ring (bicyclic) bond motifs is 6. The molecule has 5 rings (SSSR count). The van der Waals surface area contributed by atoms with Crippen molar-refractivity contribution >= 4 is 34.5 Å². The summed E-state index contributed by atoms with van der Waals surface area (Å²) >= 11 is 0. The maximum Gasteiger partial charge on any atom is 0.341 e. The fraction of sp³-hybridized carbons (Fsp3) is 0.304. The lowest BCUT2D eigenvalue weighted by Gasteiger charge is -2.17. The van der Waals surface area contributed by atoms with Gasteiger partial charge in [-0.3, -0.25) is 14.5 Å². The molecule has 0 aromatic heterocycles. The van der Waals surface area contributed by atoms with Gasteiger partial charge >= 0.3 is 11.9 Å². The lowest BCUT2D eigenvalue weighted by Crippen LogP contribution is -2.38. The van der Waals surface area contributed by atoms with Gasteiger partial charge in [0.25, 0.3) is 0 Å². The van der Waals surface area contributed by atoms with Crippen LogP contribution in [0, 0.1) is 23.7 Å². The van der Waals surface area contributed by atoms with Crippen LogP contribution in [0.5, 0.6) is 5.75 Å². The Kier molecular flexibility index (Phi) is 4.20. The molecule has 2 fully saturated rings. The van der Waals surface area contributed by atoms with E-state index in [1.807, 2.05) is 36.4 Å². The summed E-state index contributed by atoms with van der Waals surface area (Å²) in [5.74, 6) is -2.61. The molecular weight excluding hydrogens is 386 g/mol. The maximum atomic E-state index is 12.8. The predicted molar refractivity (Wildman–Crippen MR) is 105 cm³/mol. The van der Waals surface area contributed by atoms with E-state index >= 15 is 0 Å². The molecule has 1 aliphatic heterocycles. The van der Waals surface area contributed by atoms with Crippen molar-refractivity contribution in [3.8, 4) is 5.75 Å². The molecule has 2 aliphatic carbocycles. The number of esters is 2. The molecule has 152 valence electrons. The molecule has 1 saturated heterocycles. The molecule has 2 bridgehead atoms. The Morgan fingerprint density at radius 1 is 1.00 bits per heavy atom. The lowest BCUT2D eigenvalue weighted by molar-refractivity contribution is -0.148. The zero-order chi connectivity index (χ0) is 21.0. The van der Waals surface area contributed by atoms with Crippen molar-refractivity contribution in [2.24, 2.45) is 23.7 Å². The molecule has 4 unspecified atom stereocenters. The van der Waals surface area contributed by atoms with Crippen molar-refractivity contribution in [3.63, 3.8) is 0 Å². The van der Waals surface area contributed by atoms with Gasteiger partial charge in [0.1, 0.15) is 17.9 Å². The first-order chi connectivity index (χ1) is 14.5. The molecule has 3 aliphatic rings. The highest BCUT2D eigenvalue weighted by Gasteiger charge is 2.59. The number of likely N-dealkylation sites (tertiary alicyclic amines) is 1. The van der Waals surface area contributed by atoms with E-state index in [0.29, 0.717) is 0 Å². The number of methoxy groups -OCH3 is 1. The molecule has 0 radical (unpaired) electrons. The number of amides is 2. The summed E-state index contributed by atoms with van der Waals surface area (Å²) < 4.78 is 10.2. The molecule has 0 N–H and O–H groups in total. The number of allylic oxidation sites excluding steroid dienone is 2. The molecule has 2 aromatic carbocycles. The Morgan fingerprint density at radius 2 is 1.60 bits per heavy atom. The number of ether oxygens (including phenoxy) is 2. The average molecular weight is 405 g/mol. The molecule has 1 saturated carbocycles. The van der Waals surface area contributed by atoms with Gasteiger partial charge in [0.15, 0.2) is 0 Å². The van der Waals surface area contributed by atoms with Crippen LogP contribution >= 0.6 is 0 Å². The van der Waals surface area contributed by atoms with E-state index in [2.05, 4.69) is 0 Å². The van der Waals surface area contributed by atoms with Gasteiger partial charge in [-0.15, -0.1) is 0 Å². The third kappa shape index (κ3) is 2.73. The Hall–Kier alpha value is -3.48. The first kappa shape index (κ1) is 18.5. The van der Waals surface area contributed by atoms with Crippen LogP contribution in [0.3, 0.4) is 0 Å². The van der Waals surface area contributed by atoms with Crippen LogP contribution in [0.2, 0.25) is 0 Å². The normalized spacial score (nSPS) is 26.4. The van der Waals surface area contributed by atoms with Crippen LogP contribution in [-0.2, 0) is 19.1 Å². The third-order valence-electron chi connectivity index (χ3n) is 6.33. The Balaban J connectivity index is 1.38. The molecule has 2 amide bonds. The predicted octanol–water partition coefficient (Wildman–Crippen LogP) is 2.34. The summed E-state index contributed by atoms with van der Waals surface area (Å²) in [6, 6.07) is 10.5. The number of imide groups is 1. The van der Waals surface area contributed by atoms with Crippen LogP contribution in [0.4, 0.5) is 0 Å². The minimum atomic E-state index is -0.780. The van der Waals surface area contributed by atoms with Gasteiger partial charge in [0.05, 0.1) is 18.9 Å². The van der Waals surface area contributed by atoms with Gasteiger partial charge in [-0.1, -0.05) is 36.4 Å². The molecule has 7 heteroatoms. The molecule has 4 atom stereocenters. The van der Waals surface area contributed by atoms with E-state index in [1.54, 1.807) is 12.1 Å². The van der Waals surface area contributed by atoms with Crippen molar-refractivity contribution in [3.05, 3.63) is 54.1 Å². The van der Waals surface area contributed by atoms with Crippen molar-refractivity contribution in [1.82, 2.24) is 4.90 Å². The standard InChI is InChI=1S/C23H19NO6/c1-29-23(28)16-9-12-4-2-3-5-13(12)10-17(16)30-18(25)11-24-21(26)19-14-6-7-15(8-14)20(19)22(24)27/h2-7,9-10,14-15,19-20H,8,11H2,1H3. The van der Waals surface area contributed by atoms with E-state index in [1.165, 1.54) is 7.11 Å². The minimum Gasteiger partial charge on any atom is -0.465 e. The van der Waals surface area contributed by atoms with E-state index in [9.17, 15) is 19.2 Å². The first-order valence-electron chi connectivity index (χ1n) is 9.83. The molecule has 2 aromatic rings. The van der Waals surface area contributed by atoms with Gasteiger partial charge in [0, 0.05) is 0 Å². The molecule has 0 spiro atoms. The fourth-order valence-corrected chi connectivity index (χ4v) is 4.98. The summed E-state index contributed by atoms with van der Waals surface area (Å²) in [7, 11) is 1.24. The summed E-state index contributed by atoms with van der Waals surface area (Å²) in [6.07, 6.45) is 4.82. The zero-order valence-corrected chi connectivity index (χ0v) is 16.2. The van der Waals surface area contributed by atoms with Crippen LogP contribution in [0.1, 0.15) is 16.8 Å². The summed E-state index contributed by atoms with van der Waals surface area (Å²) in [4.78, 5) is 51.3. The van der Waals surface area contributed by atoms with E-state index < -0.39 is 18.5 Å². The van der Waals surface area contributed by atoms with E-state index in [-0.39, 0.29) is 46.8 Å². The van der Waals surface area contributed by atoms with Gasteiger partial charge < -0.3 is 9.47 Å². The molecule has 7 nitrogen and oxygen atoms in total. The second-order valence-electron chi connectivity index (χ2n) is 7.92. The Morgan fingerprint density at radius 3 is 2.20 bits per heavy atom. The SMILES string of the molecule is COC(=O)c1cc2ccccc2cc1OC(=O)CN1C(=O)C2C3C=CC(C3)C2C1=O. The fourth-order valence-electron chi connectivity index (χ4n) is 4.98. The quantitative estimate of drug-likeness (QED) is 0.336. The highest BCUT2D eigenvalue weighted by Crippen LogP contribution is 2.52. The summed E-state index contributed by atoms with van der Waals surface area (Å²) in [6.45, 7) is -0.475. The highest BCUT2D eigenvalue weighted by molar-refractivity contribution is 6.08. The van der Waals surface area contributed by atoms with Crippen molar-refractivity contribution in [1.29, 1.82) is 0 Å². The van der Waals surface area contributed by atoms with Crippen LogP contribution < -0.4 is 4.74 Å². The second kappa shape index (κ2) is 6.79. The number of rotatable bonds is 4. The number of carbonyl (C=O) groups excluding carboxylic acids is 4. The Bertz CT molecular complexity index is 1110. The summed E-state index contributed by atoms with van der Waals surface area (Å²) in [5, 5.41) is 1.57. The maximum absolute atomic E-state index is 12.8. The highest BCUT2D eigenvalue weighted by atomic mass is 16.5. The summed E-state index contributed by atoms with van der Waals surface area (Å²) in [5.41, 5.74) is 0.0998. The van der Waals surface area contributed by atoms with Crippen LogP contribution in [0.25, 0.3) is 10.8 Å². The zero-order valence-electron chi connectivity index (χ0n) is 16.2. The average Bonchev–Trinajstić information content (AvgIpc) is 3.43. The molecule has 30 heavy (non-hydrogen) atoms. The number of benzene rings is 2.